The summed E-state index contributed by atoms with van der Waals surface area (Å²) in [6.45, 7) is 2.11. The van der Waals surface area contributed by atoms with Crippen LogP contribution >= 0.6 is 0 Å². The molecule has 0 aliphatic heterocycles. The van der Waals surface area contributed by atoms with E-state index >= 15 is 0 Å². The van der Waals surface area contributed by atoms with Crippen molar-refractivity contribution >= 4 is 5.82 Å². The summed E-state index contributed by atoms with van der Waals surface area (Å²) in [4.78, 5) is 6.68. The van der Waals surface area contributed by atoms with Gasteiger partial charge in [-0.3, -0.25) is 0 Å². The van der Waals surface area contributed by atoms with Gasteiger partial charge in [0.05, 0.1) is 0 Å². The number of hydrogen-bond acceptors (Lipinski definition) is 4. The van der Waals surface area contributed by atoms with Crippen molar-refractivity contribution in [2.75, 3.05) is 11.9 Å². The second-order valence-electron chi connectivity index (χ2n) is 4.00. The third kappa shape index (κ3) is 4.04. The van der Waals surface area contributed by atoms with Crippen molar-refractivity contribution in [2.45, 2.75) is 13.1 Å². The molecule has 0 saturated heterocycles. The SMILES string of the molecule is CCNc1cc(Oc2ccc(F)cc2)nc(C(F)(F)F)n1. The summed E-state index contributed by atoms with van der Waals surface area (Å²) in [5.41, 5.74) is 0. The van der Waals surface area contributed by atoms with Crippen molar-refractivity contribution < 1.29 is 22.3 Å². The molecule has 2 rings (SSSR count). The van der Waals surface area contributed by atoms with Gasteiger partial charge < -0.3 is 10.1 Å². The van der Waals surface area contributed by atoms with E-state index in [2.05, 4.69) is 15.3 Å². The quantitative estimate of drug-likeness (QED) is 0.871. The van der Waals surface area contributed by atoms with Crippen molar-refractivity contribution in [3.8, 4) is 11.6 Å². The largest absolute Gasteiger partial charge is 0.451 e. The molecule has 8 heteroatoms. The Bertz CT molecular complexity index is 614. The van der Waals surface area contributed by atoms with Crippen LogP contribution in [-0.2, 0) is 6.18 Å². The Labute approximate surface area is 117 Å². The van der Waals surface area contributed by atoms with Crippen LogP contribution in [0.25, 0.3) is 0 Å². The van der Waals surface area contributed by atoms with Gasteiger partial charge in [0.15, 0.2) is 0 Å². The van der Waals surface area contributed by atoms with Crippen LogP contribution in [0.3, 0.4) is 0 Å². The molecule has 1 N–H and O–H groups in total. The fourth-order valence-corrected chi connectivity index (χ4v) is 1.50. The second-order valence-corrected chi connectivity index (χ2v) is 4.00. The zero-order chi connectivity index (χ0) is 15.5. The number of halogens is 4. The number of hydrogen-bond donors (Lipinski definition) is 1. The number of anilines is 1. The normalized spacial score (nSPS) is 11.3. The molecule has 0 radical (unpaired) electrons. The first-order valence-corrected chi connectivity index (χ1v) is 6.02. The Morgan fingerprint density at radius 1 is 1.14 bits per heavy atom. The van der Waals surface area contributed by atoms with Gasteiger partial charge in [0.1, 0.15) is 17.4 Å². The predicted molar refractivity (Wildman–Crippen MR) is 67.7 cm³/mol. The molecular formula is C13H11F4N3O. The second kappa shape index (κ2) is 5.94. The van der Waals surface area contributed by atoms with Crippen LogP contribution < -0.4 is 10.1 Å². The first kappa shape index (κ1) is 15.0. The van der Waals surface area contributed by atoms with Gasteiger partial charge in [-0.25, -0.2) is 9.37 Å². The van der Waals surface area contributed by atoms with Crippen LogP contribution in [0.15, 0.2) is 30.3 Å². The van der Waals surface area contributed by atoms with E-state index in [4.69, 9.17) is 4.74 Å². The molecule has 0 atom stereocenters. The van der Waals surface area contributed by atoms with Crippen LogP contribution in [0.4, 0.5) is 23.4 Å². The molecule has 0 fully saturated rings. The summed E-state index contributed by atoms with van der Waals surface area (Å²) < 4.78 is 56.1. The Balaban J connectivity index is 2.33. The number of rotatable bonds is 4. The van der Waals surface area contributed by atoms with Gasteiger partial charge in [0.2, 0.25) is 11.7 Å². The van der Waals surface area contributed by atoms with E-state index in [9.17, 15) is 17.6 Å². The van der Waals surface area contributed by atoms with Crippen molar-refractivity contribution in [1.82, 2.24) is 9.97 Å². The van der Waals surface area contributed by atoms with Crippen molar-refractivity contribution in [3.63, 3.8) is 0 Å². The predicted octanol–water partition coefficient (Wildman–Crippen LogP) is 3.86. The zero-order valence-corrected chi connectivity index (χ0v) is 10.9. The van der Waals surface area contributed by atoms with Gasteiger partial charge in [-0.1, -0.05) is 0 Å². The molecule has 1 heterocycles. The molecule has 0 aliphatic carbocycles. The summed E-state index contributed by atoms with van der Waals surface area (Å²) in [7, 11) is 0. The molecule has 112 valence electrons. The number of benzene rings is 1. The highest BCUT2D eigenvalue weighted by atomic mass is 19.4. The maximum Gasteiger partial charge on any atom is 0.451 e. The minimum absolute atomic E-state index is 0.00284. The lowest BCUT2D eigenvalue weighted by Gasteiger charge is -2.11. The van der Waals surface area contributed by atoms with Gasteiger partial charge in [0, 0.05) is 12.6 Å². The summed E-state index contributed by atoms with van der Waals surface area (Å²) in [5.74, 6) is -1.89. The number of nitrogens with one attached hydrogen (secondary N) is 1. The number of alkyl halides is 3. The van der Waals surface area contributed by atoms with E-state index in [1.54, 1.807) is 6.92 Å². The fourth-order valence-electron chi connectivity index (χ4n) is 1.50. The zero-order valence-electron chi connectivity index (χ0n) is 10.9. The lowest BCUT2D eigenvalue weighted by atomic mass is 10.3. The minimum Gasteiger partial charge on any atom is -0.439 e. The molecule has 0 aliphatic rings. The number of aromatic nitrogens is 2. The minimum atomic E-state index is -4.69. The molecule has 0 amide bonds. The molecular weight excluding hydrogens is 290 g/mol. The monoisotopic (exact) mass is 301 g/mol. The van der Waals surface area contributed by atoms with Gasteiger partial charge >= 0.3 is 6.18 Å². The summed E-state index contributed by atoms with van der Waals surface area (Å²) in [5, 5.41) is 2.66. The lowest BCUT2D eigenvalue weighted by molar-refractivity contribution is -0.145. The van der Waals surface area contributed by atoms with E-state index in [0.717, 1.165) is 12.1 Å². The lowest BCUT2D eigenvalue weighted by Crippen LogP contribution is -2.13. The van der Waals surface area contributed by atoms with Crippen LogP contribution in [0, 0.1) is 5.82 Å². The Hall–Kier alpha value is -2.38. The Morgan fingerprint density at radius 2 is 1.81 bits per heavy atom. The van der Waals surface area contributed by atoms with E-state index in [1.807, 2.05) is 0 Å². The first-order chi connectivity index (χ1) is 9.88. The van der Waals surface area contributed by atoms with E-state index in [0.29, 0.717) is 6.54 Å². The molecule has 0 unspecified atom stereocenters. The summed E-state index contributed by atoms with van der Waals surface area (Å²) >= 11 is 0. The molecule has 1 aromatic carbocycles. The molecule has 21 heavy (non-hydrogen) atoms. The van der Waals surface area contributed by atoms with Gasteiger partial charge in [0.25, 0.3) is 0 Å². The molecule has 1 aromatic heterocycles. The summed E-state index contributed by atoms with van der Waals surface area (Å²) in [6, 6.07) is 6.08. The highest BCUT2D eigenvalue weighted by Gasteiger charge is 2.35. The van der Waals surface area contributed by atoms with Gasteiger partial charge in [-0.15, -0.1) is 0 Å². The molecule has 2 aromatic rings. The summed E-state index contributed by atoms with van der Waals surface area (Å²) in [6.07, 6.45) is -4.69. The molecule has 0 spiro atoms. The van der Waals surface area contributed by atoms with Gasteiger partial charge in [-0.2, -0.15) is 18.2 Å². The maximum atomic E-state index is 12.8. The number of nitrogens with zero attached hydrogens (tertiary/aromatic N) is 2. The number of ether oxygens (including phenoxy) is 1. The molecule has 0 saturated carbocycles. The van der Waals surface area contributed by atoms with Crippen LogP contribution in [0.2, 0.25) is 0 Å². The Morgan fingerprint density at radius 3 is 2.38 bits per heavy atom. The average molecular weight is 301 g/mol. The van der Waals surface area contributed by atoms with E-state index in [1.165, 1.54) is 18.2 Å². The van der Waals surface area contributed by atoms with Gasteiger partial charge in [-0.05, 0) is 31.2 Å². The highest BCUT2D eigenvalue weighted by molar-refractivity contribution is 5.40. The molecule has 4 nitrogen and oxygen atoms in total. The third-order valence-electron chi connectivity index (χ3n) is 2.35. The maximum absolute atomic E-state index is 12.8. The smallest absolute Gasteiger partial charge is 0.439 e. The standard InChI is InChI=1S/C13H11F4N3O/c1-2-18-10-7-11(20-12(19-10)13(15,16)17)21-9-5-3-8(14)4-6-9/h3-7H,2H2,1H3,(H,18,19,20). The third-order valence-corrected chi connectivity index (χ3v) is 2.35. The van der Waals surface area contributed by atoms with Crippen molar-refractivity contribution in [1.29, 1.82) is 0 Å². The van der Waals surface area contributed by atoms with E-state index in [-0.39, 0.29) is 17.4 Å². The van der Waals surface area contributed by atoms with Crippen LogP contribution in [0.1, 0.15) is 12.7 Å². The average Bonchev–Trinajstić information content (AvgIpc) is 2.41. The fraction of sp³-hybridized carbons (Fsp3) is 0.231. The van der Waals surface area contributed by atoms with Crippen molar-refractivity contribution in [2.24, 2.45) is 0 Å². The van der Waals surface area contributed by atoms with Crippen LogP contribution in [0.5, 0.6) is 11.6 Å². The Kier molecular flexibility index (Phi) is 4.25. The highest BCUT2D eigenvalue weighted by Crippen LogP contribution is 2.30. The van der Waals surface area contributed by atoms with E-state index < -0.39 is 17.8 Å². The topological polar surface area (TPSA) is 47.0 Å². The van der Waals surface area contributed by atoms with Crippen molar-refractivity contribution in [3.05, 3.63) is 42.0 Å². The molecule has 0 bridgehead atoms. The van der Waals surface area contributed by atoms with Crippen LogP contribution in [-0.4, -0.2) is 16.5 Å². The first-order valence-electron chi connectivity index (χ1n) is 6.02.